The molecule has 0 aliphatic heterocycles. The first-order valence-electron chi connectivity index (χ1n) is 6.71. The van der Waals surface area contributed by atoms with Crippen LogP contribution in [0.1, 0.15) is 27.0 Å². The lowest BCUT2D eigenvalue weighted by Gasteiger charge is -2.10. The summed E-state index contributed by atoms with van der Waals surface area (Å²) in [6, 6.07) is 6.84. The zero-order valence-corrected chi connectivity index (χ0v) is 12.3. The van der Waals surface area contributed by atoms with E-state index in [9.17, 15) is 31.1 Å². The summed E-state index contributed by atoms with van der Waals surface area (Å²) in [7, 11) is 0. The Balaban J connectivity index is 2.30. The number of nitrogens with two attached hydrogens (primary N) is 1. The summed E-state index contributed by atoms with van der Waals surface area (Å²) >= 11 is 0. The summed E-state index contributed by atoms with van der Waals surface area (Å²) in [5.74, 6) is 4.32. The Hall–Kier alpha value is -2.84. The number of ketones is 1. The fourth-order valence-electron chi connectivity index (χ4n) is 2.03. The fourth-order valence-corrected chi connectivity index (χ4v) is 2.03. The number of rotatable bonds is 3. The van der Waals surface area contributed by atoms with Crippen LogP contribution in [0.25, 0.3) is 0 Å². The highest BCUT2D eigenvalue weighted by Crippen LogP contribution is 2.30. The molecule has 0 radical (unpaired) electrons. The van der Waals surface area contributed by atoms with E-state index >= 15 is 0 Å². The van der Waals surface area contributed by atoms with Gasteiger partial charge < -0.3 is 5.84 Å². The van der Waals surface area contributed by atoms with E-state index in [1.807, 2.05) is 0 Å². The minimum absolute atomic E-state index is 0.0143. The number of halogens is 6. The Kier molecular flexibility index (Phi) is 4.87. The number of carbonyl (C=O) groups excluding carboxylic acids is 1. The van der Waals surface area contributed by atoms with E-state index < -0.39 is 29.3 Å². The molecule has 2 N–H and O–H groups in total. The second-order valence-corrected chi connectivity index (χ2v) is 4.96. The fraction of sp³-hybridized carbons (Fsp3) is 0.125. The van der Waals surface area contributed by atoms with Crippen LogP contribution in [0.3, 0.4) is 0 Å². The number of nitrogens with zero attached hydrogens (tertiary/aromatic N) is 1. The molecule has 0 spiro atoms. The van der Waals surface area contributed by atoms with Crippen molar-refractivity contribution < 1.29 is 31.1 Å². The molecule has 2 aromatic carbocycles. The molecule has 132 valence electrons. The topological polar surface area (TPSA) is 55.4 Å². The summed E-state index contributed by atoms with van der Waals surface area (Å²) in [6.45, 7) is 0. The van der Waals surface area contributed by atoms with Crippen LogP contribution in [0.5, 0.6) is 0 Å². The third-order valence-electron chi connectivity index (χ3n) is 3.30. The molecule has 9 heteroatoms. The van der Waals surface area contributed by atoms with E-state index in [0.29, 0.717) is 12.1 Å². The van der Waals surface area contributed by atoms with Crippen LogP contribution in [0, 0.1) is 0 Å². The van der Waals surface area contributed by atoms with Crippen molar-refractivity contribution in [2.75, 3.05) is 0 Å². The van der Waals surface area contributed by atoms with Crippen molar-refractivity contribution in [3.05, 3.63) is 70.8 Å². The maximum Gasteiger partial charge on any atom is 0.416 e. The van der Waals surface area contributed by atoms with Crippen LogP contribution in [0.2, 0.25) is 0 Å². The molecule has 3 nitrogen and oxygen atoms in total. The molecule has 0 aliphatic carbocycles. The molecule has 0 aromatic heterocycles. The minimum Gasteiger partial charge on any atom is -0.323 e. The highest BCUT2D eigenvalue weighted by atomic mass is 19.4. The highest BCUT2D eigenvalue weighted by Gasteiger charge is 2.31. The molecule has 2 aromatic rings. The normalized spacial score (nSPS) is 13.0. The second kappa shape index (κ2) is 6.58. The third-order valence-corrected chi connectivity index (χ3v) is 3.30. The molecular weight excluding hydrogens is 350 g/mol. The zero-order valence-electron chi connectivity index (χ0n) is 12.3. The number of hydrogen-bond acceptors (Lipinski definition) is 3. The Morgan fingerprint density at radius 1 is 0.720 bits per heavy atom. The van der Waals surface area contributed by atoms with Gasteiger partial charge in [-0.2, -0.15) is 31.4 Å². The zero-order chi connectivity index (χ0) is 18.8. The molecule has 2 rings (SSSR count). The number of Topliss-reactive ketones (excluding diaryl/α,β-unsaturated/α-hetero) is 1. The van der Waals surface area contributed by atoms with Crippen molar-refractivity contribution in [1.29, 1.82) is 0 Å². The summed E-state index contributed by atoms with van der Waals surface area (Å²) in [4.78, 5) is 12.3. The van der Waals surface area contributed by atoms with E-state index in [1.165, 1.54) is 0 Å². The first-order valence-corrected chi connectivity index (χ1v) is 6.71. The molecule has 0 unspecified atom stereocenters. The maximum absolute atomic E-state index is 12.5. The van der Waals surface area contributed by atoms with E-state index in [0.717, 1.165) is 36.4 Å². The predicted octanol–water partition coefficient (Wildman–Crippen LogP) is 4.27. The maximum atomic E-state index is 12.5. The standard InChI is InChI=1S/C16H10F6N2O/c17-15(18,19)11-5-1-9(2-6-11)13(24-23)14(25)10-3-7-12(8-4-10)16(20,21)22/h1-8H,23H2/b24-13+. The van der Waals surface area contributed by atoms with Gasteiger partial charge in [0.1, 0.15) is 5.71 Å². The first kappa shape index (κ1) is 18.5. The predicted molar refractivity (Wildman–Crippen MR) is 77.9 cm³/mol. The Bertz CT molecular complexity index is 789. The van der Waals surface area contributed by atoms with Gasteiger partial charge in [-0.05, 0) is 24.3 Å². The van der Waals surface area contributed by atoms with Gasteiger partial charge in [0.2, 0.25) is 5.78 Å². The van der Waals surface area contributed by atoms with Gasteiger partial charge in [-0.15, -0.1) is 0 Å². The Labute approximate surface area is 137 Å². The lowest BCUT2D eigenvalue weighted by molar-refractivity contribution is -0.138. The molecule has 25 heavy (non-hydrogen) atoms. The smallest absolute Gasteiger partial charge is 0.323 e. The van der Waals surface area contributed by atoms with Crippen molar-refractivity contribution in [2.24, 2.45) is 10.9 Å². The first-order chi connectivity index (χ1) is 11.5. The van der Waals surface area contributed by atoms with Crippen LogP contribution in [0.4, 0.5) is 26.3 Å². The van der Waals surface area contributed by atoms with Crippen molar-refractivity contribution in [1.82, 2.24) is 0 Å². The number of benzene rings is 2. The molecule has 0 atom stereocenters. The van der Waals surface area contributed by atoms with E-state index in [2.05, 4.69) is 5.10 Å². The molecule has 0 amide bonds. The lowest BCUT2D eigenvalue weighted by Crippen LogP contribution is -2.18. The lowest BCUT2D eigenvalue weighted by atomic mass is 9.99. The molecule has 0 bridgehead atoms. The van der Waals surface area contributed by atoms with E-state index in [1.54, 1.807) is 0 Å². The van der Waals surface area contributed by atoms with Gasteiger partial charge in [0.05, 0.1) is 11.1 Å². The van der Waals surface area contributed by atoms with Crippen molar-refractivity contribution in [3.8, 4) is 0 Å². The van der Waals surface area contributed by atoms with Gasteiger partial charge in [-0.1, -0.05) is 24.3 Å². The van der Waals surface area contributed by atoms with Gasteiger partial charge in [0, 0.05) is 11.1 Å². The molecule has 0 aliphatic rings. The largest absolute Gasteiger partial charge is 0.416 e. The second-order valence-electron chi connectivity index (χ2n) is 4.96. The molecule has 0 saturated carbocycles. The number of hydrogen-bond donors (Lipinski definition) is 1. The van der Waals surface area contributed by atoms with Crippen molar-refractivity contribution in [3.63, 3.8) is 0 Å². The number of hydrazone groups is 1. The van der Waals surface area contributed by atoms with Crippen molar-refractivity contribution >= 4 is 11.5 Å². The quantitative estimate of drug-likeness (QED) is 0.292. The number of alkyl halides is 6. The Morgan fingerprint density at radius 3 is 1.40 bits per heavy atom. The van der Waals surface area contributed by atoms with Crippen LogP contribution in [-0.2, 0) is 12.4 Å². The van der Waals surface area contributed by atoms with Crippen LogP contribution in [-0.4, -0.2) is 11.5 Å². The van der Waals surface area contributed by atoms with Crippen LogP contribution in [0.15, 0.2) is 53.6 Å². The van der Waals surface area contributed by atoms with Gasteiger partial charge in [-0.3, -0.25) is 4.79 Å². The summed E-state index contributed by atoms with van der Waals surface area (Å²) in [5, 5.41) is 3.26. The molecule has 0 saturated heterocycles. The van der Waals surface area contributed by atoms with Gasteiger partial charge in [0.25, 0.3) is 0 Å². The SMILES string of the molecule is N/N=C(/C(=O)c1ccc(C(F)(F)F)cc1)c1ccc(C(F)(F)F)cc1. The van der Waals surface area contributed by atoms with Gasteiger partial charge in [0.15, 0.2) is 0 Å². The van der Waals surface area contributed by atoms with Gasteiger partial charge in [-0.25, -0.2) is 0 Å². The minimum atomic E-state index is -4.56. The van der Waals surface area contributed by atoms with E-state index in [4.69, 9.17) is 5.84 Å². The Morgan fingerprint density at radius 2 is 1.08 bits per heavy atom. The highest BCUT2D eigenvalue weighted by molar-refractivity contribution is 6.51. The molecular formula is C16H10F6N2O. The summed E-state index contributed by atoms with van der Waals surface area (Å²) < 4.78 is 75.2. The van der Waals surface area contributed by atoms with Crippen molar-refractivity contribution in [2.45, 2.75) is 12.4 Å². The van der Waals surface area contributed by atoms with E-state index in [-0.39, 0.29) is 16.8 Å². The van der Waals surface area contributed by atoms with Crippen LogP contribution >= 0.6 is 0 Å². The van der Waals surface area contributed by atoms with Gasteiger partial charge >= 0.3 is 12.4 Å². The number of carbonyl (C=O) groups is 1. The molecule has 0 fully saturated rings. The summed E-state index contributed by atoms with van der Waals surface area (Å²) in [6.07, 6.45) is -9.10. The average Bonchev–Trinajstić information content (AvgIpc) is 2.54. The monoisotopic (exact) mass is 360 g/mol. The summed E-state index contributed by atoms with van der Waals surface area (Å²) in [5.41, 5.74) is -2.34. The average molecular weight is 360 g/mol. The molecule has 0 heterocycles. The van der Waals surface area contributed by atoms with Crippen LogP contribution < -0.4 is 5.84 Å². The third kappa shape index (κ3) is 4.17.